The predicted molar refractivity (Wildman–Crippen MR) is 159 cm³/mol. The van der Waals surface area contributed by atoms with Gasteiger partial charge >= 0.3 is 0 Å². The molecule has 4 aliphatic heterocycles. The van der Waals surface area contributed by atoms with E-state index in [-0.39, 0.29) is 25.1 Å². The zero-order valence-electron chi connectivity index (χ0n) is 23.9. The van der Waals surface area contributed by atoms with Crippen LogP contribution in [-0.4, -0.2) is 83.7 Å². The van der Waals surface area contributed by atoms with Crippen molar-refractivity contribution in [3.63, 3.8) is 0 Å². The molecule has 0 aliphatic carbocycles. The molecule has 218 valence electrons. The summed E-state index contributed by atoms with van der Waals surface area (Å²) in [5.41, 5.74) is 7.09. The average Bonchev–Trinajstić information content (AvgIpc) is 3.50. The Balaban J connectivity index is 1.11. The second-order valence-electron chi connectivity index (χ2n) is 11.6. The molecular formula is C31H40N6O4. The number of piperidine rings is 1. The van der Waals surface area contributed by atoms with Crippen molar-refractivity contribution in [1.29, 1.82) is 0 Å². The van der Waals surface area contributed by atoms with E-state index in [1.165, 1.54) is 0 Å². The number of rotatable bonds is 8. The molecule has 1 amide bonds. The van der Waals surface area contributed by atoms with E-state index in [1.807, 2.05) is 49.1 Å². The van der Waals surface area contributed by atoms with E-state index in [4.69, 9.17) is 4.74 Å². The van der Waals surface area contributed by atoms with E-state index < -0.39 is 18.5 Å². The molecule has 10 nitrogen and oxygen atoms in total. The van der Waals surface area contributed by atoms with Gasteiger partial charge in [-0.1, -0.05) is 17.7 Å². The van der Waals surface area contributed by atoms with Crippen LogP contribution >= 0.6 is 0 Å². The number of nitrogens with zero attached hydrogens (tertiary/aromatic N) is 2. The lowest BCUT2D eigenvalue weighted by Gasteiger charge is -2.34. The molecular weight excluding hydrogens is 520 g/mol. The first-order chi connectivity index (χ1) is 19.8. The maximum atomic E-state index is 13.3. The number of carbonyl (C=O) groups excluding carboxylic acids is 1. The van der Waals surface area contributed by atoms with Gasteiger partial charge in [-0.05, 0) is 82.2 Å². The van der Waals surface area contributed by atoms with E-state index in [9.17, 15) is 15.0 Å². The maximum Gasteiger partial charge on any atom is 0.254 e. The SMILES string of the molecule is Cc1ccc(OCC(O)CNC2=C(C3Nc4cc5c(cc4N3)C(=O)N(C3CCN(C)CC3)C5)C(O)NC=C2)c(C)c1. The van der Waals surface area contributed by atoms with Gasteiger partial charge in [0.15, 0.2) is 6.23 Å². The Labute approximate surface area is 241 Å². The summed E-state index contributed by atoms with van der Waals surface area (Å²) < 4.78 is 5.84. The number of nitrogens with one attached hydrogen (secondary N) is 4. The number of likely N-dealkylation sites (tertiary alicyclic amines) is 1. The molecule has 10 heteroatoms. The number of aliphatic hydroxyl groups is 2. The smallest absolute Gasteiger partial charge is 0.254 e. The lowest BCUT2D eigenvalue weighted by molar-refractivity contribution is 0.0617. The van der Waals surface area contributed by atoms with Crippen LogP contribution in [0.2, 0.25) is 0 Å². The van der Waals surface area contributed by atoms with Gasteiger partial charge in [0.25, 0.3) is 5.91 Å². The minimum atomic E-state index is -0.932. The topological polar surface area (TPSA) is 121 Å². The van der Waals surface area contributed by atoms with E-state index in [0.717, 1.165) is 65.3 Å². The number of allylic oxidation sites excluding steroid dienone is 1. The Morgan fingerprint density at radius 1 is 1.12 bits per heavy atom. The van der Waals surface area contributed by atoms with Crippen molar-refractivity contribution in [3.05, 3.63) is 76.1 Å². The lowest BCUT2D eigenvalue weighted by atomic mass is 10.0. The molecule has 0 spiro atoms. The number of benzene rings is 2. The number of anilines is 2. The number of hydrogen-bond acceptors (Lipinski definition) is 9. The van der Waals surface area contributed by atoms with E-state index in [2.05, 4.69) is 39.3 Å². The quantitative estimate of drug-likeness (QED) is 0.289. The number of dihydropyridines is 1. The number of fused-ring (bicyclic) bond motifs is 2. The fourth-order valence-electron chi connectivity index (χ4n) is 6.19. The molecule has 3 unspecified atom stereocenters. The minimum Gasteiger partial charge on any atom is -0.491 e. The third kappa shape index (κ3) is 5.59. The second kappa shape index (κ2) is 11.3. The van der Waals surface area contributed by atoms with Crippen molar-refractivity contribution in [2.45, 2.75) is 57.8 Å². The minimum absolute atomic E-state index is 0.100. The molecule has 4 heterocycles. The Morgan fingerprint density at radius 3 is 2.63 bits per heavy atom. The van der Waals surface area contributed by atoms with Gasteiger partial charge in [0.1, 0.15) is 24.6 Å². The number of aliphatic hydroxyl groups excluding tert-OH is 2. The Kier molecular flexibility index (Phi) is 7.54. The Hall–Kier alpha value is -3.73. The van der Waals surface area contributed by atoms with Gasteiger partial charge in [-0.15, -0.1) is 0 Å². The summed E-state index contributed by atoms with van der Waals surface area (Å²) in [6.07, 6.45) is 3.45. The third-order valence-electron chi connectivity index (χ3n) is 8.51. The Bertz CT molecular complexity index is 1380. The van der Waals surface area contributed by atoms with Gasteiger partial charge < -0.3 is 46.0 Å². The number of amides is 1. The third-order valence-corrected chi connectivity index (χ3v) is 8.51. The molecule has 0 radical (unpaired) electrons. The van der Waals surface area contributed by atoms with Crippen LogP contribution < -0.4 is 26.0 Å². The van der Waals surface area contributed by atoms with Crippen molar-refractivity contribution in [3.8, 4) is 5.75 Å². The zero-order valence-corrected chi connectivity index (χ0v) is 23.9. The highest BCUT2D eigenvalue weighted by atomic mass is 16.5. The largest absolute Gasteiger partial charge is 0.491 e. The summed E-state index contributed by atoms with van der Waals surface area (Å²) in [5, 5.41) is 34.7. The lowest BCUT2D eigenvalue weighted by Crippen LogP contribution is -2.43. The molecule has 3 atom stereocenters. The van der Waals surface area contributed by atoms with Crippen LogP contribution in [0.5, 0.6) is 5.75 Å². The van der Waals surface area contributed by atoms with Crippen LogP contribution in [0.4, 0.5) is 11.4 Å². The van der Waals surface area contributed by atoms with Crippen LogP contribution in [0.3, 0.4) is 0 Å². The molecule has 0 aromatic heterocycles. The molecule has 6 N–H and O–H groups in total. The summed E-state index contributed by atoms with van der Waals surface area (Å²) in [5.74, 6) is 0.854. The average molecular weight is 561 g/mol. The van der Waals surface area contributed by atoms with E-state index >= 15 is 0 Å². The molecule has 0 saturated carbocycles. The fraction of sp³-hybridized carbons (Fsp3) is 0.452. The number of carbonyl (C=O) groups is 1. The summed E-state index contributed by atoms with van der Waals surface area (Å²) in [7, 11) is 2.13. The van der Waals surface area contributed by atoms with Crippen LogP contribution in [0, 0.1) is 13.8 Å². The molecule has 1 saturated heterocycles. The monoisotopic (exact) mass is 560 g/mol. The van der Waals surface area contributed by atoms with E-state index in [0.29, 0.717) is 17.8 Å². The summed E-state index contributed by atoms with van der Waals surface area (Å²) in [6, 6.07) is 10.2. The molecule has 4 aliphatic rings. The summed E-state index contributed by atoms with van der Waals surface area (Å²) >= 11 is 0. The molecule has 0 bridgehead atoms. The zero-order chi connectivity index (χ0) is 28.7. The molecule has 1 fully saturated rings. The number of aryl methyl sites for hydroxylation is 2. The molecule has 6 rings (SSSR count). The van der Waals surface area contributed by atoms with Gasteiger partial charge in [0.2, 0.25) is 0 Å². The number of hydrogen-bond donors (Lipinski definition) is 6. The Morgan fingerprint density at radius 2 is 1.88 bits per heavy atom. The molecule has 2 aromatic carbocycles. The van der Waals surface area contributed by atoms with Crippen molar-refractivity contribution >= 4 is 17.3 Å². The van der Waals surface area contributed by atoms with Crippen LogP contribution in [-0.2, 0) is 6.54 Å². The second-order valence-corrected chi connectivity index (χ2v) is 11.6. The van der Waals surface area contributed by atoms with Gasteiger partial charge in [-0.25, -0.2) is 0 Å². The predicted octanol–water partition coefficient (Wildman–Crippen LogP) is 2.24. The highest BCUT2D eigenvalue weighted by Gasteiger charge is 2.37. The van der Waals surface area contributed by atoms with Crippen LogP contribution in [0.25, 0.3) is 0 Å². The standard InChI is InChI=1S/C31H40N6O4/c1-18-4-5-27(19(2)12-18)41-17-22(38)15-33-24-6-9-32-30(39)28(24)29-34-25-13-20-16-37(21-7-10-36(3)11-8-21)31(40)23(20)14-26(25)35-29/h4-6,9,12-14,21-22,29-30,32-35,38-39H,7-8,10-11,15-17H2,1-3H3. The first-order valence-electron chi connectivity index (χ1n) is 14.4. The van der Waals surface area contributed by atoms with E-state index in [1.54, 1.807) is 6.20 Å². The first-order valence-corrected chi connectivity index (χ1v) is 14.4. The normalized spacial score (nSPS) is 23.0. The van der Waals surface area contributed by atoms with Gasteiger partial charge in [0.05, 0.1) is 11.4 Å². The molecule has 2 aromatic rings. The van der Waals surface area contributed by atoms with Crippen molar-refractivity contribution in [1.82, 2.24) is 20.4 Å². The van der Waals surface area contributed by atoms with Crippen LogP contribution in [0.1, 0.15) is 39.9 Å². The van der Waals surface area contributed by atoms with Gasteiger partial charge in [-0.3, -0.25) is 4.79 Å². The fourth-order valence-corrected chi connectivity index (χ4v) is 6.19. The van der Waals surface area contributed by atoms with Crippen LogP contribution in [0.15, 0.2) is 53.9 Å². The highest BCUT2D eigenvalue weighted by molar-refractivity contribution is 6.01. The summed E-state index contributed by atoms with van der Waals surface area (Å²) in [4.78, 5) is 17.7. The maximum absolute atomic E-state index is 13.3. The van der Waals surface area contributed by atoms with Gasteiger partial charge in [0, 0.05) is 42.2 Å². The molecule has 41 heavy (non-hydrogen) atoms. The first kappa shape index (κ1) is 27.4. The highest BCUT2D eigenvalue weighted by Crippen LogP contribution is 2.39. The van der Waals surface area contributed by atoms with Crippen molar-refractivity contribution in [2.75, 3.05) is 43.9 Å². The van der Waals surface area contributed by atoms with Crippen molar-refractivity contribution in [2.24, 2.45) is 0 Å². The van der Waals surface area contributed by atoms with Gasteiger partial charge in [-0.2, -0.15) is 0 Å². The summed E-state index contributed by atoms with van der Waals surface area (Å²) in [6.45, 7) is 7.07. The number of ether oxygens (including phenoxy) is 1. The van der Waals surface area contributed by atoms with Crippen molar-refractivity contribution < 1.29 is 19.7 Å².